The zero-order valence-corrected chi connectivity index (χ0v) is 13.3. The smallest absolute Gasteiger partial charge is 0.0723 e. The fourth-order valence-corrected chi connectivity index (χ4v) is 5.11. The van der Waals surface area contributed by atoms with Crippen molar-refractivity contribution in [2.24, 2.45) is 28.4 Å². The van der Waals surface area contributed by atoms with E-state index >= 15 is 0 Å². The van der Waals surface area contributed by atoms with Crippen LogP contribution in [0.5, 0.6) is 0 Å². The molecule has 2 atom stereocenters. The minimum atomic E-state index is -0.539. The van der Waals surface area contributed by atoms with E-state index in [-0.39, 0.29) is 10.8 Å². The molecular formula is C17H33NO. The average Bonchev–Trinajstić information content (AvgIpc) is 2.26. The van der Waals surface area contributed by atoms with Gasteiger partial charge in [0.05, 0.1) is 5.60 Å². The van der Waals surface area contributed by atoms with Gasteiger partial charge in [0.15, 0.2) is 0 Å². The summed E-state index contributed by atoms with van der Waals surface area (Å²) in [6.45, 7) is 9.89. The maximum Gasteiger partial charge on any atom is 0.0723 e. The number of nitrogens with two attached hydrogens (primary N) is 1. The molecule has 2 unspecified atom stereocenters. The van der Waals surface area contributed by atoms with Crippen LogP contribution >= 0.6 is 0 Å². The predicted molar refractivity (Wildman–Crippen MR) is 80.9 cm³/mol. The van der Waals surface area contributed by atoms with E-state index in [1.165, 1.54) is 19.3 Å². The molecule has 2 rings (SSSR count). The zero-order valence-electron chi connectivity index (χ0n) is 13.3. The van der Waals surface area contributed by atoms with Crippen LogP contribution in [0.25, 0.3) is 0 Å². The fraction of sp³-hybridized carbons (Fsp3) is 1.00. The van der Waals surface area contributed by atoms with Crippen molar-refractivity contribution in [1.29, 1.82) is 0 Å². The molecule has 0 radical (unpaired) electrons. The summed E-state index contributed by atoms with van der Waals surface area (Å²) in [5.74, 6) is 1.41. The molecule has 2 aliphatic carbocycles. The van der Waals surface area contributed by atoms with Gasteiger partial charge in [-0.25, -0.2) is 0 Å². The quantitative estimate of drug-likeness (QED) is 0.801. The SMILES string of the molecule is CC1CCC(CN)(C2(O)CC(C)CC(C)(C)C2)CC1. The predicted octanol–water partition coefficient (Wildman–Crippen LogP) is 3.72. The van der Waals surface area contributed by atoms with Crippen molar-refractivity contribution in [1.82, 2.24) is 0 Å². The second-order valence-corrected chi connectivity index (χ2v) is 8.55. The van der Waals surface area contributed by atoms with Gasteiger partial charge < -0.3 is 10.8 Å². The van der Waals surface area contributed by atoms with Crippen molar-refractivity contribution in [3.8, 4) is 0 Å². The van der Waals surface area contributed by atoms with Gasteiger partial charge in [0.1, 0.15) is 0 Å². The molecule has 2 fully saturated rings. The molecule has 2 aliphatic rings. The van der Waals surface area contributed by atoms with Gasteiger partial charge in [-0.05, 0) is 49.4 Å². The molecule has 0 aromatic carbocycles. The highest BCUT2D eigenvalue weighted by Crippen LogP contribution is 2.56. The van der Waals surface area contributed by atoms with Crippen LogP contribution in [0.4, 0.5) is 0 Å². The lowest BCUT2D eigenvalue weighted by atomic mass is 9.52. The first-order chi connectivity index (χ1) is 8.72. The summed E-state index contributed by atoms with van der Waals surface area (Å²) < 4.78 is 0. The molecule has 0 spiro atoms. The van der Waals surface area contributed by atoms with E-state index < -0.39 is 5.60 Å². The minimum absolute atomic E-state index is 0.0224. The van der Waals surface area contributed by atoms with Gasteiger partial charge >= 0.3 is 0 Å². The van der Waals surface area contributed by atoms with Crippen molar-refractivity contribution in [3.05, 3.63) is 0 Å². The summed E-state index contributed by atoms with van der Waals surface area (Å²) in [7, 11) is 0. The molecule has 0 aromatic heterocycles. The van der Waals surface area contributed by atoms with Crippen molar-refractivity contribution >= 4 is 0 Å². The third-order valence-corrected chi connectivity index (χ3v) is 5.97. The van der Waals surface area contributed by atoms with Crippen LogP contribution < -0.4 is 5.73 Å². The fourth-order valence-electron chi connectivity index (χ4n) is 5.11. The monoisotopic (exact) mass is 267 g/mol. The molecule has 0 bridgehead atoms. The highest BCUT2D eigenvalue weighted by atomic mass is 16.3. The Hall–Kier alpha value is -0.0800. The second-order valence-electron chi connectivity index (χ2n) is 8.55. The number of rotatable bonds is 2. The van der Waals surface area contributed by atoms with Crippen molar-refractivity contribution in [2.45, 2.75) is 78.2 Å². The largest absolute Gasteiger partial charge is 0.389 e. The number of hydrogen-bond acceptors (Lipinski definition) is 2. The summed E-state index contributed by atoms with van der Waals surface area (Å²) in [5.41, 5.74) is 5.86. The molecule has 0 heterocycles. The Kier molecular flexibility index (Phi) is 4.06. The molecular weight excluding hydrogens is 234 g/mol. The van der Waals surface area contributed by atoms with Crippen LogP contribution in [0, 0.1) is 22.7 Å². The van der Waals surface area contributed by atoms with Crippen LogP contribution in [0.15, 0.2) is 0 Å². The van der Waals surface area contributed by atoms with Crippen LogP contribution in [-0.2, 0) is 0 Å². The average molecular weight is 267 g/mol. The van der Waals surface area contributed by atoms with Gasteiger partial charge in [-0.3, -0.25) is 0 Å². The van der Waals surface area contributed by atoms with Crippen LogP contribution in [0.2, 0.25) is 0 Å². The Labute approximate surface area is 119 Å². The van der Waals surface area contributed by atoms with Crippen molar-refractivity contribution in [3.63, 3.8) is 0 Å². The maximum atomic E-state index is 11.5. The lowest BCUT2D eigenvalue weighted by Crippen LogP contribution is -2.58. The third-order valence-electron chi connectivity index (χ3n) is 5.97. The van der Waals surface area contributed by atoms with E-state index in [1.807, 2.05) is 0 Å². The number of aliphatic hydroxyl groups is 1. The molecule has 0 aromatic rings. The van der Waals surface area contributed by atoms with Gasteiger partial charge in [0, 0.05) is 12.0 Å². The Morgan fingerprint density at radius 1 is 1.05 bits per heavy atom. The Morgan fingerprint density at radius 2 is 1.63 bits per heavy atom. The molecule has 0 aliphatic heterocycles. The van der Waals surface area contributed by atoms with Crippen LogP contribution in [0.1, 0.15) is 72.6 Å². The van der Waals surface area contributed by atoms with E-state index in [0.29, 0.717) is 12.5 Å². The van der Waals surface area contributed by atoms with E-state index in [1.54, 1.807) is 0 Å². The molecule has 19 heavy (non-hydrogen) atoms. The highest BCUT2D eigenvalue weighted by molar-refractivity contribution is 5.06. The van der Waals surface area contributed by atoms with E-state index in [0.717, 1.165) is 31.6 Å². The topological polar surface area (TPSA) is 46.2 Å². The molecule has 2 heteroatoms. The highest BCUT2D eigenvalue weighted by Gasteiger charge is 2.54. The van der Waals surface area contributed by atoms with E-state index in [9.17, 15) is 5.11 Å². The summed E-state index contributed by atoms with van der Waals surface area (Å²) in [4.78, 5) is 0. The first kappa shape index (κ1) is 15.3. The van der Waals surface area contributed by atoms with Crippen molar-refractivity contribution in [2.75, 3.05) is 6.54 Å². The summed E-state index contributed by atoms with van der Waals surface area (Å²) in [5, 5.41) is 11.5. The van der Waals surface area contributed by atoms with Crippen molar-refractivity contribution < 1.29 is 5.11 Å². The lowest BCUT2D eigenvalue weighted by molar-refractivity contribution is -0.159. The molecule has 2 saturated carbocycles. The molecule has 0 amide bonds. The molecule has 2 nitrogen and oxygen atoms in total. The first-order valence-corrected chi connectivity index (χ1v) is 8.14. The lowest BCUT2D eigenvalue weighted by Gasteiger charge is -2.56. The maximum absolute atomic E-state index is 11.5. The molecule has 112 valence electrons. The molecule has 0 saturated heterocycles. The number of hydrogen-bond donors (Lipinski definition) is 2. The summed E-state index contributed by atoms with van der Waals surface area (Å²) >= 11 is 0. The van der Waals surface area contributed by atoms with Crippen LogP contribution in [0.3, 0.4) is 0 Å². The second kappa shape index (κ2) is 5.04. The normalized spacial score (nSPS) is 47.1. The minimum Gasteiger partial charge on any atom is -0.389 e. The first-order valence-electron chi connectivity index (χ1n) is 8.14. The summed E-state index contributed by atoms with van der Waals surface area (Å²) in [6, 6.07) is 0. The standard InChI is InChI=1S/C17H33NO/c1-13-5-7-16(12-18,8-6-13)17(19)10-14(2)9-15(3,4)11-17/h13-14,19H,5-12,18H2,1-4H3. The van der Waals surface area contributed by atoms with Gasteiger partial charge in [0.2, 0.25) is 0 Å². The molecule has 3 N–H and O–H groups in total. The van der Waals surface area contributed by atoms with Gasteiger partial charge in [-0.2, -0.15) is 0 Å². The Bertz CT molecular complexity index is 317. The Balaban J connectivity index is 2.25. The van der Waals surface area contributed by atoms with Gasteiger partial charge in [-0.1, -0.05) is 40.5 Å². The third kappa shape index (κ3) is 2.85. The summed E-state index contributed by atoms with van der Waals surface area (Å²) in [6.07, 6.45) is 7.79. The van der Waals surface area contributed by atoms with Gasteiger partial charge in [0.25, 0.3) is 0 Å². The van der Waals surface area contributed by atoms with E-state index in [2.05, 4.69) is 27.7 Å². The Morgan fingerprint density at radius 3 is 2.11 bits per heavy atom. The van der Waals surface area contributed by atoms with Gasteiger partial charge in [-0.15, -0.1) is 0 Å². The zero-order chi connectivity index (χ0) is 14.3. The van der Waals surface area contributed by atoms with E-state index in [4.69, 9.17) is 5.73 Å². The van der Waals surface area contributed by atoms with Crippen LogP contribution in [-0.4, -0.2) is 17.3 Å².